The average Bonchev–Trinajstić information content (AvgIpc) is 2.64. The van der Waals surface area contributed by atoms with Crippen molar-refractivity contribution in [2.45, 2.75) is 40.2 Å². The lowest BCUT2D eigenvalue weighted by Gasteiger charge is -2.34. The molecule has 90 valence electrons. The summed E-state index contributed by atoms with van der Waals surface area (Å²) in [5.41, 5.74) is 0. The smallest absolute Gasteiger partial charge is 0.0328 e. The van der Waals surface area contributed by atoms with Crippen LogP contribution in [0.5, 0.6) is 0 Å². The third kappa shape index (κ3) is 3.08. The number of piperidine rings is 1. The Hall–Kier alpha value is -0.340. The van der Waals surface area contributed by atoms with Crippen molar-refractivity contribution in [1.82, 2.24) is 4.90 Å². The zero-order valence-corrected chi connectivity index (χ0v) is 11.5. The molecule has 16 heavy (non-hydrogen) atoms. The predicted octanol–water partition coefficient (Wildman–Crippen LogP) is 3.92. The normalized spacial score (nSPS) is 22.9. The minimum absolute atomic E-state index is 0.841. The molecule has 0 aliphatic carbocycles. The minimum atomic E-state index is 0.841. The van der Waals surface area contributed by atoms with Gasteiger partial charge in [-0.1, -0.05) is 13.8 Å². The average molecular weight is 237 g/mol. The fourth-order valence-electron chi connectivity index (χ4n) is 2.57. The second-order valence-corrected chi connectivity index (χ2v) is 6.77. The molecular formula is C14H23NS. The summed E-state index contributed by atoms with van der Waals surface area (Å²) in [6.07, 6.45) is 2.81. The molecule has 1 atom stereocenters. The molecular weight excluding hydrogens is 214 g/mol. The first-order chi connectivity index (χ1) is 7.65. The van der Waals surface area contributed by atoms with Gasteiger partial charge < -0.3 is 0 Å². The molecule has 0 unspecified atom stereocenters. The number of aryl methyl sites for hydroxylation is 1. The Morgan fingerprint density at radius 1 is 1.44 bits per heavy atom. The monoisotopic (exact) mass is 237 g/mol. The third-order valence-corrected chi connectivity index (χ3v) is 4.65. The summed E-state index contributed by atoms with van der Waals surface area (Å²) in [5, 5.41) is 0. The lowest BCUT2D eigenvalue weighted by Crippen LogP contribution is -2.36. The molecule has 1 aliphatic heterocycles. The second-order valence-electron chi connectivity index (χ2n) is 5.39. The SMILES string of the molecule is Cc1ccc(CN2CCC[C@@H](C(C)C)C2)s1. The lowest BCUT2D eigenvalue weighted by atomic mass is 9.88. The molecule has 0 radical (unpaired) electrons. The summed E-state index contributed by atoms with van der Waals surface area (Å²) >= 11 is 1.95. The van der Waals surface area contributed by atoms with Gasteiger partial charge in [-0.05, 0) is 50.3 Å². The van der Waals surface area contributed by atoms with E-state index in [1.54, 1.807) is 0 Å². The van der Waals surface area contributed by atoms with E-state index in [0.717, 1.165) is 11.8 Å². The van der Waals surface area contributed by atoms with Gasteiger partial charge in [0, 0.05) is 22.8 Å². The fraction of sp³-hybridized carbons (Fsp3) is 0.714. The molecule has 2 rings (SSSR count). The number of hydrogen-bond acceptors (Lipinski definition) is 2. The molecule has 2 heteroatoms. The van der Waals surface area contributed by atoms with Gasteiger partial charge in [0.25, 0.3) is 0 Å². The van der Waals surface area contributed by atoms with E-state index in [2.05, 4.69) is 37.8 Å². The number of hydrogen-bond donors (Lipinski definition) is 0. The van der Waals surface area contributed by atoms with Crippen LogP contribution in [-0.4, -0.2) is 18.0 Å². The van der Waals surface area contributed by atoms with E-state index in [-0.39, 0.29) is 0 Å². The standard InChI is InChI=1S/C14H23NS/c1-11(2)13-5-4-8-15(9-13)10-14-7-6-12(3)16-14/h6-7,11,13H,4-5,8-10H2,1-3H3/t13-/m1/s1. The van der Waals surface area contributed by atoms with Crippen LogP contribution in [0, 0.1) is 18.8 Å². The van der Waals surface area contributed by atoms with Crippen LogP contribution in [0.2, 0.25) is 0 Å². The van der Waals surface area contributed by atoms with Crippen molar-refractivity contribution in [3.8, 4) is 0 Å². The molecule has 0 N–H and O–H groups in total. The maximum Gasteiger partial charge on any atom is 0.0328 e. The fourth-order valence-corrected chi connectivity index (χ4v) is 3.50. The maximum absolute atomic E-state index is 2.64. The van der Waals surface area contributed by atoms with Gasteiger partial charge in [-0.3, -0.25) is 4.90 Å². The van der Waals surface area contributed by atoms with Crippen LogP contribution in [-0.2, 0) is 6.54 Å². The summed E-state index contributed by atoms with van der Waals surface area (Å²) < 4.78 is 0. The zero-order valence-electron chi connectivity index (χ0n) is 10.7. The van der Waals surface area contributed by atoms with Gasteiger partial charge in [0.15, 0.2) is 0 Å². The van der Waals surface area contributed by atoms with Crippen molar-refractivity contribution in [2.24, 2.45) is 11.8 Å². The number of rotatable bonds is 3. The first-order valence-corrected chi connectivity index (χ1v) is 7.24. The van der Waals surface area contributed by atoms with Crippen LogP contribution in [0.4, 0.5) is 0 Å². The Bertz CT molecular complexity index is 329. The van der Waals surface area contributed by atoms with Gasteiger partial charge in [-0.15, -0.1) is 11.3 Å². The molecule has 1 nitrogen and oxygen atoms in total. The van der Waals surface area contributed by atoms with E-state index >= 15 is 0 Å². The highest BCUT2D eigenvalue weighted by atomic mass is 32.1. The minimum Gasteiger partial charge on any atom is -0.298 e. The maximum atomic E-state index is 2.64. The second kappa shape index (κ2) is 5.33. The molecule has 1 aromatic rings. The van der Waals surface area contributed by atoms with Crippen LogP contribution in [0.15, 0.2) is 12.1 Å². The highest BCUT2D eigenvalue weighted by Gasteiger charge is 2.22. The van der Waals surface area contributed by atoms with E-state index in [9.17, 15) is 0 Å². The zero-order chi connectivity index (χ0) is 11.5. The van der Waals surface area contributed by atoms with Crippen LogP contribution in [0.1, 0.15) is 36.4 Å². The van der Waals surface area contributed by atoms with E-state index in [1.807, 2.05) is 11.3 Å². The van der Waals surface area contributed by atoms with Crippen molar-refractivity contribution in [3.05, 3.63) is 21.9 Å². The first-order valence-electron chi connectivity index (χ1n) is 6.43. The molecule has 0 bridgehead atoms. The van der Waals surface area contributed by atoms with Crippen molar-refractivity contribution < 1.29 is 0 Å². The van der Waals surface area contributed by atoms with Crippen molar-refractivity contribution in [1.29, 1.82) is 0 Å². The van der Waals surface area contributed by atoms with Gasteiger partial charge in [0.1, 0.15) is 0 Å². The molecule has 1 saturated heterocycles. The van der Waals surface area contributed by atoms with Gasteiger partial charge >= 0.3 is 0 Å². The number of likely N-dealkylation sites (tertiary alicyclic amines) is 1. The highest BCUT2D eigenvalue weighted by Crippen LogP contribution is 2.26. The first kappa shape index (κ1) is 12.1. The number of nitrogens with zero attached hydrogens (tertiary/aromatic N) is 1. The van der Waals surface area contributed by atoms with Gasteiger partial charge in [-0.2, -0.15) is 0 Å². The van der Waals surface area contributed by atoms with E-state index in [0.29, 0.717) is 0 Å². The Balaban J connectivity index is 1.90. The van der Waals surface area contributed by atoms with Crippen LogP contribution in [0.3, 0.4) is 0 Å². The molecule has 0 saturated carbocycles. The molecule has 1 aliphatic rings. The topological polar surface area (TPSA) is 3.24 Å². The molecule has 0 amide bonds. The van der Waals surface area contributed by atoms with Crippen molar-refractivity contribution in [2.75, 3.05) is 13.1 Å². The molecule has 2 heterocycles. The van der Waals surface area contributed by atoms with Crippen molar-refractivity contribution >= 4 is 11.3 Å². The van der Waals surface area contributed by atoms with Crippen LogP contribution < -0.4 is 0 Å². The highest BCUT2D eigenvalue weighted by molar-refractivity contribution is 7.11. The predicted molar refractivity (Wildman–Crippen MR) is 71.9 cm³/mol. The molecule has 0 aromatic carbocycles. The molecule has 1 fully saturated rings. The van der Waals surface area contributed by atoms with Gasteiger partial charge in [-0.25, -0.2) is 0 Å². The summed E-state index contributed by atoms with van der Waals surface area (Å²) in [6, 6.07) is 4.53. The summed E-state index contributed by atoms with van der Waals surface area (Å²) in [6.45, 7) is 10.7. The van der Waals surface area contributed by atoms with Crippen LogP contribution >= 0.6 is 11.3 Å². The summed E-state index contributed by atoms with van der Waals surface area (Å²) in [4.78, 5) is 5.61. The van der Waals surface area contributed by atoms with Gasteiger partial charge in [0.2, 0.25) is 0 Å². The lowest BCUT2D eigenvalue weighted by molar-refractivity contribution is 0.140. The number of thiophene rings is 1. The Morgan fingerprint density at radius 3 is 2.88 bits per heavy atom. The van der Waals surface area contributed by atoms with E-state index in [1.165, 1.54) is 42.2 Å². The Kier molecular flexibility index (Phi) is 4.04. The van der Waals surface area contributed by atoms with Gasteiger partial charge in [0.05, 0.1) is 0 Å². The van der Waals surface area contributed by atoms with E-state index in [4.69, 9.17) is 0 Å². The third-order valence-electron chi connectivity index (χ3n) is 3.66. The molecule has 0 spiro atoms. The summed E-state index contributed by atoms with van der Waals surface area (Å²) in [5.74, 6) is 1.75. The van der Waals surface area contributed by atoms with Crippen molar-refractivity contribution in [3.63, 3.8) is 0 Å². The Morgan fingerprint density at radius 2 is 2.25 bits per heavy atom. The summed E-state index contributed by atoms with van der Waals surface area (Å²) in [7, 11) is 0. The Labute approximate surface area is 103 Å². The van der Waals surface area contributed by atoms with E-state index < -0.39 is 0 Å². The quantitative estimate of drug-likeness (QED) is 0.770. The van der Waals surface area contributed by atoms with Crippen LogP contribution in [0.25, 0.3) is 0 Å². The largest absolute Gasteiger partial charge is 0.298 e. The molecule has 1 aromatic heterocycles.